The molecule has 0 fully saturated rings. The Kier molecular flexibility index (Phi) is 10.9. The third-order valence-corrected chi connectivity index (χ3v) is 1.83. The van der Waals surface area contributed by atoms with Crippen LogP contribution in [0.25, 0.3) is 0 Å². The maximum absolute atomic E-state index is 8.50. The molecule has 0 amide bonds. The first-order chi connectivity index (χ1) is 6.41. The first-order valence-corrected chi connectivity index (χ1v) is 5.32. The van der Waals surface area contributed by atoms with Crippen molar-refractivity contribution in [3.63, 3.8) is 0 Å². The van der Waals surface area contributed by atoms with Crippen molar-refractivity contribution < 1.29 is 5.11 Å². The molecular formula is C12H22O. The van der Waals surface area contributed by atoms with E-state index in [-0.39, 0.29) is 6.61 Å². The summed E-state index contributed by atoms with van der Waals surface area (Å²) in [5.41, 5.74) is 0. The Morgan fingerprint density at radius 2 is 1.38 bits per heavy atom. The molecular weight excluding hydrogens is 160 g/mol. The molecule has 0 atom stereocenters. The van der Waals surface area contributed by atoms with E-state index in [1.54, 1.807) is 0 Å². The van der Waals surface area contributed by atoms with Crippen LogP contribution in [0.15, 0.2) is 24.3 Å². The zero-order chi connectivity index (χ0) is 9.78. The normalized spacial score (nSPS) is 11.8. The second-order valence-electron chi connectivity index (χ2n) is 3.17. The Morgan fingerprint density at radius 1 is 0.846 bits per heavy atom. The second kappa shape index (κ2) is 11.4. The van der Waals surface area contributed by atoms with Gasteiger partial charge in [0.15, 0.2) is 0 Å². The lowest BCUT2D eigenvalue weighted by Crippen LogP contribution is -1.75. The van der Waals surface area contributed by atoms with Crippen LogP contribution in [0.3, 0.4) is 0 Å². The molecule has 0 aromatic heterocycles. The summed E-state index contributed by atoms with van der Waals surface area (Å²) in [7, 11) is 0. The molecule has 0 aliphatic rings. The highest BCUT2D eigenvalue weighted by atomic mass is 16.2. The van der Waals surface area contributed by atoms with Crippen molar-refractivity contribution in [2.45, 2.75) is 45.4 Å². The summed E-state index contributed by atoms with van der Waals surface area (Å²) in [6.45, 7) is 2.47. The van der Waals surface area contributed by atoms with Crippen LogP contribution in [-0.2, 0) is 0 Å². The van der Waals surface area contributed by atoms with Crippen molar-refractivity contribution in [3.05, 3.63) is 24.3 Å². The van der Waals surface area contributed by atoms with Gasteiger partial charge in [-0.1, -0.05) is 37.6 Å². The Labute approximate surface area is 82.2 Å². The Bertz CT molecular complexity index is 120. The zero-order valence-corrected chi connectivity index (χ0v) is 8.71. The van der Waals surface area contributed by atoms with E-state index in [0.717, 1.165) is 12.8 Å². The summed E-state index contributed by atoms with van der Waals surface area (Å²) in [4.78, 5) is 0. The van der Waals surface area contributed by atoms with Crippen molar-refractivity contribution in [2.24, 2.45) is 0 Å². The van der Waals surface area contributed by atoms with Gasteiger partial charge in [0.05, 0.1) is 0 Å². The summed E-state index contributed by atoms with van der Waals surface area (Å²) in [6, 6.07) is 0. The fourth-order valence-electron chi connectivity index (χ4n) is 1.07. The van der Waals surface area contributed by atoms with E-state index < -0.39 is 0 Å². The minimum Gasteiger partial charge on any atom is -0.396 e. The molecule has 0 unspecified atom stereocenters. The average Bonchev–Trinajstić information content (AvgIpc) is 2.16. The molecule has 0 saturated heterocycles. The number of hydrogen-bond acceptors (Lipinski definition) is 1. The third-order valence-electron chi connectivity index (χ3n) is 1.83. The number of aliphatic hydroxyl groups excluding tert-OH is 1. The van der Waals surface area contributed by atoms with Crippen LogP contribution in [0.4, 0.5) is 0 Å². The highest BCUT2D eigenvalue weighted by molar-refractivity contribution is 4.85. The number of allylic oxidation sites excluding steroid dienone is 3. The van der Waals surface area contributed by atoms with Gasteiger partial charge in [-0.25, -0.2) is 0 Å². The van der Waals surface area contributed by atoms with Crippen molar-refractivity contribution in [1.82, 2.24) is 0 Å². The molecule has 0 spiro atoms. The monoisotopic (exact) mass is 182 g/mol. The molecule has 0 rings (SSSR count). The molecule has 0 aromatic rings. The number of hydrogen-bond donors (Lipinski definition) is 1. The van der Waals surface area contributed by atoms with Crippen LogP contribution in [0.2, 0.25) is 0 Å². The van der Waals surface area contributed by atoms with Gasteiger partial charge >= 0.3 is 0 Å². The predicted molar refractivity (Wildman–Crippen MR) is 58.7 cm³/mol. The summed E-state index contributed by atoms with van der Waals surface area (Å²) in [6.07, 6.45) is 15.5. The van der Waals surface area contributed by atoms with Crippen molar-refractivity contribution in [1.29, 1.82) is 0 Å². The third kappa shape index (κ3) is 11.4. The SMILES string of the molecule is CCC/C=C\CCC/C=C\CCO. The Balaban J connectivity index is 3.07. The average molecular weight is 182 g/mol. The Morgan fingerprint density at radius 3 is 1.92 bits per heavy atom. The van der Waals surface area contributed by atoms with Gasteiger partial charge in [0.25, 0.3) is 0 Å². The predicted octanol–water partition coefficient (Wildman–Crippen LogP) is 3.45. The molecule has 0 aliphatic heterocycles. The van der Waals surface area contributed by atoms with E-state index in [9.17, 15) is 0 Å². The lowest BCUT2D eigenvalue weighted by molar-refractivity contribution is 0.302. The second-order valence-corrected chi connectivity index (χ2v) is 3.17. The molecule has 0 heterocycles. The van der Waals surface area contributed by atoms with Crippen LogP contribution in [0.1, 0.15) is 45.4 Å². The molecule has 1 N–H and O–H groups in total. The van der Waals surface area contributed by atoms with Crippen LogP contribution in [0, 0.1) is 0 Å². The standard InChI is InChI=1S/C12H22O/c1-2-3-4-5-6-7-8-9-10-11-12-13/h4-5,9-10,13H,2-3,6-8,11-12H2,1H3/b5-4-,10-9-. The lowest BCUT2D eigenvalue weighted by Gasteiger charge is -1.90. The van der Waals surface area contributed by atoms with Gasteiger partial charge in [-0.2, -0.15) is 0 Å². The summed E-state index contributed by atoms with van der Waals surface area (Å²) in [5.74, 6) is 0. The number of rotatable bonds is 8. The maximum Gasteiger partial charge on any atom is 0.0465 e. The van der Waals surface area contributed by atoms with E-state index in [4.69, 9.17) is 5.11 Å². The largest absolute Gasteiger partial charge is 0.396 e. The Hall–Kier alpha value is -0.560. The molecule has 0 bridgehead atoms. The van der Waals surface area contributed by atoms with Crippen LogP contribution < -0.4 is 0 Å². The smallest absolute Gasteiger partial charge is 0.0465 e. The highest BCUT2D eigenvalue weighted by Gasteiger charge is 1.80. The fraction of sp³-hybridized carbons (Fsp3) is 0.667. The van der Waals surface area contributed by atoms with Gasteiger partial charge in [0.2, 0.25) is 0 Å². The molecule has 1 heteroatoms. The van der Waals surface area contributed by atoms with Gasteiger partial charge in [-0.15, -0.1) is 0 Å². The van der Waals surface area contributed by atoms with Crippen molar-refractivity contribution >= 4 is 0 Å². The van der Waals surface area contributed by atoms with Crippen molar-refractivity contribution in [2.75, 3.05) is 6.61 Å². The van der Waals surface area contributed by atoms with Crippen LogP contribution in [0.5, 0.6) is 0 Å². The highest BCUT2D eigenvalue weighted by Crippen LogP contribution is 2.00. The topological polar surface area (TPSA) is 20.2 Å². The molecule has 0 saturated carbocycles. The summed E-state index contributed by atoms with van der Waals surface area (Å²) >= 11 is 0. The molecule has 76 valence electrons. The van der Waals surface area contributed by atoms with Crippen LogP contribution in [-0.4, -0.2) is 11.7 Å². The number of aliphatic hydroxyl groups is 1. The fourth-order valence-corrected chi connectivity index (χ4v) is 1.07. The minimum atomic E-state index is 0.271. The maximum atomic E-state index is 8.50. The minimum absolute atomic E-state index is 0.271. The van der Waals surface area contributed by atoms with E-state index in [1.165, 1.54) is 25.7 Å². The zero-order valence-electron chi connectivity index (χ0n) is 8.71. The molecule has 0 aromatic carbocycles. The van der Waals surface area contributed by atoms with Gasteiger partial charge < -0.3 is 5.11 Å². The quantitative estimate of drug-likeness (QED) is 0.450. The van der Waals surface area contributed by atoms with Gasteiger partial charge in [-0.05, 0) is 32.1 Å². The van der Waals surface area contributed by atoms with Crippen LogP contribution >= 0.6 is 0 Å². The lowest BCUT2D eigenvalue weighted by atomic mass is 10.2. The van der Waals surface area contributed by atoms with E-state index in [2.05, 4.69) is 31.2 Å². The molecule has 1 nitrogen and oxygen atoms in total. The van der Waals surface area contributed by atoms with Gasteiger partial charge in [-0.3, -0.25) is 0 Å². The van der Waals surface area contributed by atoms with E-state index in [0.29, 0.717) is 0 Å². The molecule has 13 heavy (non-hydrogen) atoms. The summed E-state index contributed by atoms with van der Waals surface area (Å²) < 4.78 is 0. The van der Waals surface area contributed by atoms with Gasteiger partial charge in [0.1, 0.15) is 0 Å². The van der Waals surface area contributed by atoms with E-state index in [1.807, 2.05) is 0 Å². The van der Waals surface area contributed by atoms with Crippen molar-refractivity contribution in [3.8, 4) is 0 Å². The first-order valence-electron chi connectivity index (χ1n) is 5.32. The molecule has 0 aliphatic carbocycles. The first kappa shape index (κ1) is 12.4. The summed E-state index contributed by atoms with van der Waals surface area (Å²) in [5, 5.41) is 8.50. The number of unbranched alkanes of at least 4 members (excludes halogenated alkanes) is 3. The molecule has 0 radical (unpaired) electrons. The van der Waals surface area contributed by atoms with E-state index >= 15 is 0 Å². The van der Waals surface area contributed by atoms with Gasteiger partial charge in [0, 0.05) is 6.61 Å².